The first-order valence-corrected chi connectivity index (χ1v) is 7.03. The summed E-state index contributed by atoms with van der Waals surface area (Å²) < 4.78 is 10.5. The third kappa shape index (κ3) is 2.80. The van der Waals surface area contributed by atoms with Crippen molar-refractivity contribution in [2.24, 2.45) is 0 Å². The second kappa shape index (κ2) is 6.27. The van der Waals surface area contributed by atoms with E-state index in [1.165, 1.54) is 0 Å². The van der Waals surface area contributed by atoms with Crippen molar-refractivity contribution >= 4 is 5.97 Å². The Kier molecular flexibility index (Phi) is 4.65. The van der Waals surface area contributed by atoms with Crippen molar-refractivity contribution in [3.63, 3.8) is 0 Å². The van der Waals surface area contributed by atoms with Gasteiger partial charge in [0.05, 0.1) is 19.1 Å². The van der Waals surface area contributed by atoms with Gasteiger partial charge in [0.15, 0.2) is 0 Å². The minimum absolute atomic E-state index is 0.458. The molecule has 1 fully saturated rings. The molecule has 1 aliphatic carbocycles. The van der Waals surface area contributed by atoms with Gasteiger partial charge < -0.3 is 14.6 Å². The van der Waals surface area contributed by atoms with Gasteiger partial charge in [0.25, 0.3) is 0 Å². The number of aliphatic carboxylic acids is 1. The Balaban J connectivity index is 2.46. The van der Waals surface area contributed by atoms with Gasteiger partial charge in [0, 0.05) is 7.11 Å². The molecule has 110 valence electrons. The monoisotopic (exact) mass is 278 g/mol. The lowest BCUT2D eigenvalue weighted by molar-refractivity contribution is -0.145. The SMILES string of the molecule is COCc1cc(OC)cc(C2(C(=O)O)CCCCC2)c1. The van der Waals surface area contributed by atoms with E-state index in [1.807, 2.05) is 18.2 Å². The van der Waals surface area contributed by atoms with Crippen LogP contribution in [0.25, 0.3) is 0 Å². The third-order valence-electron chi connectivity index (χ3n) is 4.18. The molecule has 4 nitrogen and oxygen atoms in total. The first kappa shape index (κ1) is 14.9. The minimum Gasteiger partial charge on any atom is -0.497 e. The van der Waals surface area contributed by atoms with E-state index in [9.17, 15) is 9.90 Å². The van der Waals surface area contributed by atoms with E-state index >= 15 is 0 Å². The summed E-state index contributed by atoms with van der Waals surface area (Å²) in [5.74, 6) is -0.0328. The van der Waals surface area contributed by atoms with Crippen molar-refractivity contribution in [1.29, 1.82) is 0 Å². The molecule has 0 heterocycles. The summed E-state index contributed by atoms with van der Waals surface area (Å²) in [6, 6.07) is 5.70. The van der Waals surface area contributed by atoms with Crippen LogP contribution in [0.4, 0.5) is 0 Å². The highest BCUT2D eigenvalue weighted by atomic mass is 16.5. The summed E-state index contributed by atoms with van der Waals surface area (Å²) in [4.78, 5) is 11.9. The van der Waals surface area contributed by atoms with Crippen molar-refractivity contribution in [2.45, 2.75) is 44.1 Å². The van der Waals surface area contributed by atoms with Gasteiger partial charge in [-0.3, -0.25) is 4.79 Å². The zero-order valence-corrected chi connectivity index (χ0v) is 12.1. The molecule has 20 heavy (non-hydrogen) atoms. The predicted octanol–water partition coefficient (Wildman–Crippen LogP) is 3.13. The molecule has 0 aromatic heterocycles. The molecular weight excluding hydrogens is 256 g/mol. The van der Waals surface area contributed by atoms with Crippen molar-refractivity contribution < 1.29 is 19.4 Å². The number of carboxylic acid groups (broad SMARTS) is 1. The molecule has 0 atom stereocenters. The van der Waals surface area contributed by atoms with Crippen LogP contribution in [0.3, 0.4) is 0 Å². The van der Waals surface area contributed by atoms with Crippen LogP contribution >= 0.6 is 0 Å². The molecule has 2 rings (SSSR count). The molecule has 4 heteroatoms. The van der Waals surface area contributed by atoms with Gasteiger partial charge in [-0.15, -0.1) is 0 Å². The van der Waals surface area contributed by atoms with Crippen molar-refractivity contribution in [3.05, 3.63) is 29.3 Å². The summed E-state index contributed by atoms with van der Waals surface area (Å²) >= 11 is 0. The van der Waals surface area contributed by atoms with E-state index in [0.29, 0.717) is 25.2 Å². The molecule has 1 saturated carbocycles. The number of hydrogen-bond acceptors (Lipinski definition) is 3. The molecule has 0 amide bonds. The van der Waals surface area contributed by atoms with Gasteiger partial charge >= 0.3 is 5.97 Å². The second-order valence-electron chi connectivity index (χ2n) is 5.45. The summed E-state index contributed by atoms with van der Waals surface area (Å²) in [5.41, 5.74) is 1.03. The van der Waals surface area contributed by atoms with Gasteiger partial charge in [-0.1, -0.05) is 25.3 Å². The van der Waals surface area contributed by atoms with Crippen LogP contribution in [0.2, 0.25) is 0 Å². The Morgan fingerprint density at radius 2 is 1.90 bits per heavy atom. The predicted molar refractivity (Wildman–Crippen MR) is 76.1 cm³/mol. The summed E-state index contributed by atoms with van der Waals surface area (Å²) in [5, 5.41) is 9.75. The Labute approximate surface area is 119 Å². The molecule has 0 spiro atoms. The fourth-order valence-corrected chi connectivity index (χ4v) is 3.09. The van der Waals surface area contributed by atoms with Crippen molar-refractivity contribution in [3.8, 4) is 5.75 Å². The average Bonchev–Trinajstić information content (AvgIpc) is 2.47. The first-order valence-electron chi connectivity index (χ1n) is 7.03. The Morgan fingerprint density at radius 3 is 2.45 bits per heavy atom. The quantitative estimate of drug-likeness (QED) is 0.899. The molecular formula is C16H22O4. The molecule has 0 radical (unpaired) electrons. The largest absolute Gasteiger partial charge is 0.497 e. The number of hydrogen-bond donors (Lipinski definition) is 1. The van der Waals surface area contributed by atoms with E-state index in [1.54, 1.807) is 14.2 Å². The van der Waals surface area contributed by atoms with E-state index in [0.717, 1.165) is 30.4 Å². The number of ether oxygens (including phenoxy) is 2. The molecule has 0 unspecified atom stereocenters. The molecule has 0 saturated heterocycles. The van der Waals surface area contributed by atoms with Gasteiger partial charge in [-0.05, 0) is 36.1 Å². The maximum absolute atomic E-state index is 11.9. The van der Waals surface area contributed by atoms with Gasteiger partial charge in [0.1, 0.15) is 5.75 Å². The molecule has 1 aromatic rings. The highest BCUT2D eigenvalue weighted by Crippen LogP contribution is 2.41. The van der Waals surface area contributed by atoms with Crippen LogP contribution < -0.4 is 4.74 Å². The number of carboxylic acids is 1. The zero-order chi connectivity index (χ0) is 14.6. The summed E-state index contributed by atoms with van der Waals surface area (Å²) in [7, 11) is 3.23. The lowest BCUT2D eigenvalue weighted by atomic mass is 9.69. The smallest absolute Gasteiger partial charge is 0.314 e. The standard InChI is InChI=1S/C16H22O4/c1-19-11-12-8-13(10-14(9-12)20-2)16(15(17)18)6-4-3-5-7-16/h8-10H,3-7,11H2,1-2H3,(H,17,18). The number of carbonyl (C=O) groups is 1. The van der Waals surface area contributed by atoms with Gasteiger partial charge in [-0.2, -0.15) is 0 Å². The topological polar surface area (TPSA) is 55.8 Å². The van der Waals surface area contributed by atoms with Gasteiger partial charge in [0.2, 0.25) is 0 Å². The molecule has 0 bridgehead atoms. The average molecular weight is 278 g/mol. The summed E-state index contributed by atoms with van der Waals surface area (Å²) in [6.45, 7) is 0.458. The van der Waals surface area contributed by atoms with Crippen LogP contribution in [0.15, 0.2) is 18.2 Å². The van der Waals surface area contributed by atoms with Crippen molar-refractivity contribution in [1.82, 2.24) is 0 Å². The van der Waals surface area contributed by atoms with E-state index in [4.69, 9.17) is 9.47 Å². The first-order chi connectivity index (χ1) is 9.62. The van der Waals surface area contributed by atoms with Crippen LogP contribution in [0.1, 0.15) is 43.2 Å². The van der Waals surface area contributed by atoms with Crippen LogP contribution in [0.5, 0.6) is 5.75 Å². The van der Waals surface area contributed by atoms with Gasteiger partial charge in [-0.25, -0.2) is 0 Å². The number of methoxy groups -OCH3 is 2. The maximum atomic E-state index is 11.9. The number of benzene rings is 1. The second-order valence-corrected chi connectivity index (χ2v) is 5.45. The van der Waals surface area contributed by atoms with Crippen LogP contribution in [-0.2, 0) is 21.6 Å². The molecule has 0 aliphatic heterocycles. The van der Waals surface area contributed by atoms with E-state index in [2.05, 4.69) is 0 Å². The lowest BCUT2D eigenvalue weighted by Gasteiger charge is -2.34. The Morgan fingerprint density at radius 1 is 1.20 bits per heavy atom. The number of rotatable bonds is 5. The Hall–Kier alpha value is -1.55. The highest BCUT2D eigenvalue weighted by Gasteiger charge is 2.41. The van der Waals surface area contributed by atoms with Crippen molar-refractivity contribution in [2.75, 3.05) is 14.2 Å². The van der Waals surface area contributed by atoms with E-state index in [-0.39, 0.29) is 0 Å². The minimum atomic E-state index is -0.769. The van der Waals surface area contributed by atoms with Crippen LogP contribution in [-0.4, -0.2) is 25.3 Å². The highest BCUT2D eigenvalue weighted by molar-refractivity contribution is 5.81. The lowest BCUT2D eigenvalue weighted by Crippen LogP contribution is -2.37. The maximum Gasteiger partial charge on any atom is 0.314 e. The third-order valence-corrected chi connectivity index (χ3v) is 4.18. The van der Waals surface area contributed by atoms with E-state index < -0.39 is 11.4 Å². The molecule has 1 aromatic carbocycles. The summed E-state index contributed by atoms with van der Waals surface area (Å²) in [6.07, 6.45) is 4.43. The normalized spacial score (nSPS) is 17.7. The molecule has 1 aliphatic rings. The zero-order valence-electron chi connectivity index (χ0n) is 12.1. The fourth-order valence-electron chi connectivity index (χ4n) is 3.09. The molecule has 1 N–H and O–H groups in total. The Bertz CT molecular complexity index is 475. The fraction of sp³-hybridized carbons (Fsp3) is 0.562. The van der Waals surface area contributed by atoms with Crippen LogP contribution in [0, 0.1) is 0 Å².